The molecule has 0 spiro atoms. The molecule has 100 valence electrons. The van der Waals surface area contributed by atoms with Crippen LogP contribution in [0.4, 0.5) is 0 Å². The number of nitrogens with zero attached hydrogens (tertiary/aromatic N) is 2. The van der Waals surface area contributed by atoms with Crippen LogP contribution in [0.2, 0.25) is 0 Å². The Morgan fingerprint density at radius 2 is 1.61 bits per heavy atom. The van der Waals surface area contributed by atoms with Gasteiger partial charge in [0, 0.05) is 25.7 Å². The predicted molar refractivity (Wildman–Crippen MR) is 67.9 cm³/mol. The van der Waals surface area contributed by atoms with Gasteiger partial charge in [0.15, 0.2) is 0 Å². The number of piperazine rings is 1. The summed E-state index contributed by atoms with van der Waals surface area (Å²) in [4.78, 5) is 27.9. The van der Waals surface area contributed by atoms with Crippen LogP contribution in [0.15, 0.2) is 0 Å². The molecule has 0 bridgehead atoms. The number of rotatable bonds is 3. The average Bonchev–Trinajstić information content (AvgIpc) is 3.20. The van der Waals surface area contributed by atoms with Crippen LogP contribution in [0.25, 0.3) is 0 Å². The third-order valence-corrected chi connectivity index (χ3v) is 4.53. The van der Waals surface area contributed by atoms with Crippen LogP contribution in [-0.2, 0) is 9.59 Å². The Balaban J connectivity index is 1.61. The molecule has 0 aromatic heterocycles. The Morgan fingerprint density at radius 3 is 2.28 bits per heavy atom. The SMILES string of the molecule is O=C1C(=O)N(C2CCCCC2)CCN1CC1CC1. The monoisotopic (exact) mass is 250 g/mol. The maximum atomic E-state index is 12.2. The molecule has 2 amide bonds. The van der Waals surface area contributed by atoms with Gasteiger partial charge in [-0.15, -0.1) is 0 Å². The predicted octanol–water partition coefficient (Wildman–Crippen LogP) is 1.40. The minimum absolute atomic E-state index is 0.242. The molecule has 0 aromatic rings. The van der Waals surface area contributed by atoms with Crippen molar-refractivity contribution in [3.8, 4) is 0 Å². The lowest BCUT2D eigenvalue weighted by Gasteiger charge is -2.40. The second-order valence-electron chi connectivity index (χ2n) is 5.98. The molecule has 0 aromatic carbocycles. The lowest BCUT2D eigenvalue weighted by molar-refractivity contribution is -0.158. The van der Waals surface area contributed by atoms with E-state index >= 15 is 0 Å². The van der Waals surface area contributed by atoms with E-state index in [1.54, 1.807) is 4.90 Å². The van der Waals surface area contributed by atoms with E-state index in [0.717, 1.165) is 32.5 Å². The molecule has 4 heteroatoms. The summed E-state index contributed by atoms with van der Waals surface area (Å²) < 4.78 is 0. The molecular formula is C14H22N2O2. The highest BCUT2D eigenvalue weighted by Crippen LogP contribution is 2.31. The van der Waals surface area contributed by atoms with Gasteiger partial charge in [-0.2, -0.15) is 0 Å². The van der Waals surface area contributed by atoms with Crippen LogP contribution < -0.4 is 0 Å². The zero-order valence-electron chi connectivity index (χ0n) is 10.9. The molecule has 1 saturated heterocycles. The lowest BCUT2D eigenvalue weighted by Crippen LogP contribution is -2.57. The molecule has 2 aliphatic carbocycles. The van der Waals surface area contributed by atoms with Gasteiger partial charge >= 0.3 is 11.8 Å². The minimum atomic E-state index is -0.251. The van der Waals surface area contributed by atoms with Crippen LogP contribution in [0.3, 0.4) is 0 Å². The number of carbonyl (C=O) groups is 2. The third kappa shape index (κ3) is 2.38. The standard InChI is InChI=1S/C14H22N2O2/c17-13-14(18)16(12-4-2-1-3-5-12)9-8-15(13)10-11-6-7-11/h11-12H,1-10H2. The number of hydrogen-bond donors (Lipinski definition) is 0. The fraction of sp³-hybridized carbons (Fsp3) is 0.857. The second kappa shape index (κ2) is 4.90. The Hall–Kier alpha value is -1.06. The molecule has 0 N–H and O–H groups in total. The lowest BCUT2D eigenvalue weighted by atomic mass is 9.93. The van der Waals surface area contributed by atoms with Gasteiger partial charge in [0.2, 0.25) is 0 Å². The van der Waals surface area contributed by atoms with Gasteiger partial charge in [-0.25, -0.2) is 0 Å². The van der Waals surface area contributed by atoms with Crippen LogP contribution in [-0.4, -0.2) is 47.3 Å². The summed E-state index contributed by atoms with van der Waals surface area (Å²) in [7, 11) is 0. The molecule has 0 atom stereocenters. The first kappa shape index (κ1) is 12.0. The third-order valence-electron chi connectivity index (χ3n) is 4.53. The molecule has 3 rings (SSSR count). The summed E-state index contributed by atoms with van der Waals surface area (Å²) in [6.07, 6.45) is 8.31. The van der Waals surface area contributed by atoms with Crippen molar-refractivity contribution in [3.63, 3.8) is 0 Å². The van der Waals surface area contributed by atoms with E-state index in [1.165, 1.54) is 32.1 Å². The van der Waals surface area contributed by atoms with Gasteiger partial charge in [-0.3, -0.25) is 9.59 Å². The first-order valence-electron chi connectivity index (χ1n) is 7.35. The van der Waals surface area contributed by atoms with Crippen molar-refractivity contribution in [2.24, 2.45) is 5.92 Å². The van der Waals surface area contributed by atoms with Crippen LogP contribution in [0, 0.1) is 5.92 Å². The first-order chi connectivity index (χ1) is 8.75. The van der Waals surface area contributed by atoms with E-state index in [1.807, 2.05) is 4.90 Å². The quantitative estimate of drug-likeness (QED) is 0.710. The first-order valence-corrected chi connectivity index (χ1v) is 7.35. The van der Waals surface area contributed by atoms with Gasteiger partial charge in [-0.1, -0.05) is 19.3 Å². The number of amides is 2. The maximum absolute atomic E-state index is 12.2. The summed E-state index contributed by atoms with van der Waals surface area (Å²) in [5.41, 5.74) is 0. The van der Waals surface area contributed by atoms with E-state index in [2.05, 4.69) is 0 Å². The van der Waals surface area contributed by atoms with Crippen molar-refractivity contribution in [2.45, 2.75) is 51.0 Å². The highest BCUT2D eigenvalue weighted by Gasteiger charge is 2.38. The van der Waals surface area contributed by atoms with Crippen molar-refractivity contribution in [1.82, 2.24) is 9.80 Å². The zero-order chi connectivity index (χ0) is 12.5. The molecule has 1 aliphatic heterocycles. The average molecular weight is 250 g/mol. The molecule has 3 fully saturated rings. The Kier molecular flexibility index (Phi) is 3.27. The molecule has 2 saturated carbocycles. The highest BCUT2D eigenvalue weighted by atomic mass is 16.2. The normalized spacial score (nSPS) is 26.9. The largest absolute Gasteiger partial charge is 0.332 e. The smallest absolute Gasteiger partial charge is 0.312 e. The van der Waals surface area contributed by atoms with Crippen molar-refractivity contribution >= 4 is 11.8 Å². The summed E-state index contributed by atoms with van der Waals surface area (Å²) in [5, 5.41) is 0. The van der Waals surface area contributed by atoms with E-state index in [-0.39, 0.29) is 11.8 Å². The van der Waals surface area contributed by atoms with Crippen molar-refractivity contribution in [1.29, 1.82) is 0 Å². The molecule has 18 heavy (non-hydrogen) atoms. The van der Waals surface area contributed by atoms with Crippen molar-refractivity contribution in [2.75, 3.05) is 19.6 Å². The van der Waals surface area contributed by atoms with Crippen LogP contribution in [0.5, 0.6) is 0 Å². The van der Waals surface area contributed by atoms with E-state index in [0.29, 0.717) is 12.0 Å². The maximum Gasteiger partial charge on any atom is 0.312 e. The zero-order valence-corrected chi connectivity index (χ0v) is 10.9. The molecule has 4 nitrogen and oxygen atoms in total. The molecular weight excluding hydrogens is 228 g/mol. The highest BCUT2D eigenvalue weighted by molar-refractivity contribution is 6.35. The van der Waals surface area contributed by atoms with Gasteiger partial charge in [-0.05, 0) is 31.6 Å². The van der Waals surface area contributed by atoms with E-state index < -0.39 is 0 Å². The number of carbonyl (C=O) groups excluding carboxylic acids is 2. The fourth-order valence-electron chi connectivity index (χ4n) is 3.22. The van der Waals surface area contributed by atoms with Crippen LogP contribution in [0.1, 0.15) is 44.9 Å². The topological polar surface area (TPSA) is 40.6 Å². The van der Waals surface area contributed by atoms with Crippen molar-refractivity contribution < 1.29 is 9.59 Å². The van der Waals surface area contributed by atoms with Crippen LogP contribution >= 0.6 is 0 Å². The van der Waals surface area contributed by atoms with Crippen molar-refractivity contribution in [3.05, 3.63) is 0 Å². The van der Waals surface area contributed by atoms with Gasteiger partial charge < -0.3 is 9.80 Å². The minimum Gasteiger partial charge on any atom is -0.332 e. The van der Waals surface area contributed by atoms with Gasteiger partial charge in [0.1, 0.15) is 0 Å². The second-order valence-corrected chi connectivity index (χ2v) is 5.98. The Morgan fingerprint density at radius 1 is 0.889 bits per heavy atom. The summed E-state index contributed by atoms with van der Waals surface area (Å²) in [5.74, 6) is 0.176. The number of hydrogen-bond acceptors (Lipinski definition) is 2. The Bertz CT molecular complexity index is 346. The molecule has 0 radical (unpaired) electrons. The summed E-state index contributed by atoms with van der Waals surface area (Å²) in [6, 6.07) is 0.332. The molecule has 3 aliphatic rings. The molecule has 0 unspecified atom stereocenters. The summed E-state index contributed by atoms with van der Waals surface area (Å²) >= 11 is 0. The fourth-order valence-corrected chi connectivity index (χ4v) is 3.22. The Labute approximate surface area is 108 Å². The van der Waals surface area contributed by atoms with E-state index in [4.69, 9.17) is 0 Å². The van der Waals surface area contributed by atoms with E-state index in [9.17, 15) is 9.59 Å². The summed E-state index contributed by atoms with van der Waals surface area (Å²) in [6.45, 7) is 2.31. The van der Waals surface area contributed by atoms with Gasteiger partial charge in [0.25, 0.3) is 0 Å². The molecule has 1 heterocycles. The van der Waals surface area contributed by atoms with Gasteiger partial charge in [0.05, 0.1) is 0 Å².